The third kappa shape index (κ3) is 7.79. The molecule has 3 fully saturated rings. The van der Waals surface area contributed by atoms with E-state index in [1.165, 1.54) is 31.2 Å². The third-order valence-electron chi connectivity index (χ3n) is 11.7. The summed E-state index contributed by atoms with van der Waals surface area (Å²) < 4.78 is 25.1. The van der Waals surface area contributed by atoms with Gasteiger partial charge in [-0.25, -0.2) is 0 Å². The van der Waals surface area contributed by atoms with Gasteiger partial charge in [-0.2, -0.15) is 0 Å². The zero-order valence-corrected chi connectivity index (χ0v) is 34.2. The first kappa shape index (κ1) is 39.7. The van der Waals surface area contributed by atoms with Gasteiger partial charge in [0, 0.05) is 57.5 Å². The standard InChI is InChI=1S/C45H56Cl2N4O4/c1-6-38-42(30-14-18-32(46)19-15-30)50-44(48-38,36-24-22-34(52-5)27-40(36)54-8-3)45(37-25-23-35(53-7-2)28-41(37)55-9-4)49-39(26-29-12-10-11-13-29)43(51-45)31-16-20-33(47)21-17-31/h14-25,27-29,38-39,42-43,48-51H,6-13,26H2,1-5H3. The molecule has 0 aromatic heterocycles. The van der Waals surface area contributed by atoms with Crippen LogP contribution in [0.4, 0.5) is 0 Å². The van der Waals surface area contributed by atoms with Crippen LogP contribution in [0.5, 0.6) is 23.0 Å². The summed E-state index contributed by atoms with van der Waals surface area (Å²) >= 11 is 13.0. The Labute approximate surface area is 337 Å². The molecule has 294 valence electrons. The highest BCUT2D eigenvalue weighted by Crippen LogP contribution is 2.54. The van der Waals surface area contributed by atoms with Crippen molar-refractivity contribution in [3.63, 3.8) is 0 Å². The molecular weight excluding hydrogens is 731 g/mol. The molecular formula is C45H56Cl2N4O4. The molecule has 55 heavy (non-hydrogen) atoms. The fraction of sp³-hybridized carbons (Fsp3) is 0.467. The molecule has 10 heteroatoms. The molecule has 1 aliphatic carbocycles. The van der Waals surface area contributed by atoms with Gasteiger partial charge in [0.1, 0.15) is 34.3 Å². The fourth-order valence-electron chi connectivity index (χ4n) is 9.29. The van der Waals surface area contributed by atoms with Crippen LogP contribution >= 0.6 is 23.2 Å². The summed E-state index contributed by atoms with van der Waals surface area (Å²) in [5.74, 6) is 3.55. The fourth-order valence-corrected chi connectivity index (χ4v) is 9.54. The normalized spacial score (nSPS) is 26.7. The zero-order valence-electron chi connectivity index (χ0n) is 32.7. The lowest BCUT2D eigenvalue weighted by atomic mass is 9.79. The van der Waals surface area contributed by atoms with Gasteiger partial charge in [0.05, 0.1) is 26.9 Å². The SMILES string of the molecule is CCOc1ccc(C2(C3(c4ccc(OC)cc4OCC)NC(CC)C(c4ccc(Cl)cc4)N3)NC(CC3CCCC3)C(c3ccc(Cl)cc3)N2)c(OCC)c1. The van der Waals surface area contributed by atoms with E-state index in [-0.39, 0.29) is 24.2 Å². The molecule has 6 atom stereocenters. The van der Waals surface area contributed by atoms with Gasteiger partial charge in [-0.1, -0.05) is 80.1 Å². The first-order chi connectivity index (χ1) is 26.8. The van der Waals surface area contributed by atoms with Crippen molar-refractivity contribution in [2.75, 3.05) is 26.9 Å². The number of benzene rings is 4. The van der Waals surface area contributed by atoms with Gasteiger partial charge in [0.25, 0.3) is 0 Å². The minimum Gasteiger partial charge on any atom is -0.497 e. The summed E-state index contributed by atoms with van der Waals surface area (Å²) in [4.78, 5) is 0. The largest absolute Gasteiger partial charge is 0.497 e. The maximum Gasteiger partial charge on any atom is 0.136 e. The number of ether oxygens (including phenoxy) is 4. The average Bonchev–Trinajstić information content (AvgIpc) is 3.95. The van der Waals surface area contributed by atoms with Crippen molar-refractivity contribution < 1.29 is 18.9 Å². The van der Waals surface area contributed by atoms with Crippen molar-refractivity contribution in [2.45, 2.75) is 102 Å². The van der Waals surface area contributed by atoms with Crippen LogP contribution in [0.1, 0.15) is 101 Å². The number of methoxy groups -OCH3 is 1. The van der Waals surface area contributed by atoms with Crippen LogP contribution in [0.25, 0.3) is 0 Å². The van der Waals surface area contributed by atoms with Crippen LogP contribution in [0.15, 0.2) is 84.9 Å². The summed E-state index contributed by atoms with van der Waals surface area (Å²) in [6, 6.07) is 28.8. The molecule has 2 heterocycles. The molecule has 6 unspecified atom stereocenters. The Morgan fingerprint density at radius 2 is 1.05 bits per heavy atom. The molecule has 8 nitrogen and oxygen atoms in total. The Bertz CT molecular complexity index is 1890. The van der Waals surface area contributed by atoms with Crippen molar-refractivity contribution >= 4 is 23.2 Å². The maximum atomic E-state index is 6.62. The number of rotatable bonds is 15. The predicted molar refractivity (Wildman–Crippen MR) is 222 cm³/mol. The second kappa shape index (κ2) is 17.3. The highest BCUT2D eigenvalue weighted by Gasteiger charge is 2.65. The van der Waals surface area contributed by atoms with Crippen LogP contribution in [0.3, 0.4) is 0 Å². The first-order valence-electron chi connectivity index (χ1n) is 20.1. The van der Waals surface area contributed by atoms with Crippen LogP contribution in [0, 0.1) is 5.92 Å². The Kier molecular flexibility index (Phi) is 12.5. The molecule has 1 saturated carbocycles. The second-order valence-corrected chi connectivity index (χ2v) is 15.8. The Balaban J connectivity index is 1.53. The summed E-state index contributed by atoms with van der Waals surface area (Å²) in [7, 11) is 1.69. The smallest absolute Gasteiger partial charge is 0.136 e. The molecule has 3 aliphatic rings. The first-order valence-corrected chi connectivity index (χ1v) is 20.9. The number of nitrogens with one attached hydrogen (secondary N) is 4. The predicted octanol–water partition coefficient (Wildman–Crippen LogP) is 9.80. The van der Waals surface area contributed by atoms with Crippen molar-refractivity contribution in [2.24, 2.45) is 5.92 Å². The van der Waals surface area contributed by atoms with Gasteiger partial charge in [-0.15, -0.1) is 0 Å². The number of hydrogen-bond acceptors (Lipinski definition) is 8. The average molecular weight is 788 g/mol. The van der Waals surface area contributed by atoms with Crippen LogP contribution < -0.4 is 40.2 Å². The minimum atomic E-state index is -1.02. The quantitative estimate of drug-likeness (QED) is 0.0949. The molecule has 0 spiro atoms. The molecule has 2 saturated heterocycles. The van der Waals surface area contributed by atoms with Crippen LogP contribution in [-0.4, -0.2) is 39.0 Å². The van der Waals surface area contributed by atoms with E-state index in [0.717, 1.165) is 52.5 Å². The van der Waals surface area contributed by atoms with E-state index >= 15 is 0 Å². The summed E-state index contributed by atoms with van der Waals surface area (Å²) in [5.41, 5.74) is 2.15. The second-order valence-electron chi connectivity index (χ2n) is 15.0. The van der Waals surface area contributed by atoms with Gasteiger partial charge < -0.3 is 18.9 Å². The molecule has 4 aromatic carbocycles. The highest BCUT2D eigenvalue weighted by molar-refractivity contribution is 6.30. The van der Waals surface area contributed by atoms with Crippen molar-refractivity contribution in [3.05, 3.63) is 117 Å². The summed E-state index contributed by atoms with van der Waals surface area (Å²) in [6.07, 6.45) is 6.87. The Morgan fingerprint density at radius 1 is 0.582 bits per heavy atom. The number of halogens is 2. The third-order valence-corrected chi connectivity index (χ3v) is 12.2. The van der Waals surface area contributed by atoms with Crippen molar-refractivity contribution in [1.82, 2.24) is 21.3 Å². The monoisotopic (exact) mass is 786 g/mol. The van der Waals surface area contributed by atoms with E-state index < -0.39 is 11.3 Å². The zero-order chi connectivity index (χ0) is 38.6. The van der Waals surface area contributed by atoms with E-state index in [0.29, 0.717) is 35.8 Å². The lowest BCUT2D eigenvalue weighted by Crippen LogP contribution is -2.71. The minimum absolute atomic E-state index is 0.0133. The van der Waals surface area contributed by atoms with Gasteiger partial charge >= 0.3 is 0 Å². The topological polar surface area (TPSA) is 85.0 Å². The van der Waals surface area contributed by atoms with Crippen molar-refractivity contribution in [1.29, 1.82) is 0 Å². The summed E-state index contributed by atoms with van der Waals surface area (Å²) in [6.45, 7) is 9.80. The lowest BCUT2D eigenvalue weighted by Gasteiger charge is -2.49. The van der Waals surface area contributed by atoms with Crippen molar-refractivity contribution in [3.8, 4) is 23.0 Å². The van der Waals surface area contributed by atoms with Gasteiger partial charge in [-0.3, -0.25) is 21.3 Å². The molecule has 0 bridgehead atoms. The van der Waals surface area contributed by atoms with Crippen LogP contribution in [-0.2, 0) is 11.3 Å². The molecule has 0 amide bonds. The van der Waals surface area contributed by atoms with E-state index in [1.807, 2.05) is 63.2 Å². The van der Waals surface area contributed by atoms with Gasteiger partial charge in [0.2, 0.25) is 0 Å². The van der Waals surface area contributed by atoms with E-state index in [4.69, 9.17) is 42.1 Å². The lowest BCUT2D eigenvalue weighted by molar-refractivity contribution is 0.0923. The van der Waals surface area contributed by atoms with Crippen LogP contribution in [0.2, 0.25) is 10.0 Å². The van der Waals surface area contributed by atoms with Gasteiger partial charge in [-0.05, 0) is 99.2 Å². The Morgan fingerprint density at radius 3 is 1.55 bits per heavy atom. The van der Waals surface area contributed by atoms with Gasteiger partial charge in [0.15, 0.2) is 0 Å². The molecule has 4 N–H and O–H groups in total. The molecule has 7 rings (SSSR count). The Hall–Kier alpha value is -3.50. The molecule has 4 aromatic rings. The highest BCUT2D eigenvalue weighted by atomic mass is 35.5. The van der Waals surface area contributed by atoms with E-state index in [9.17, 15) is 0 Å². The summed E-state index contributed by atoms with van der Waals surface area (Å²) in [5, 5.41) is 18.6. The maximum absolute atomic E-state index is 6.62. The molecule has 0 radical (unpaired) electrons. The molecule has 2 aliphatic heterocycles. The number of hydrogen-bond donors (Lipinski definition) is 4. The van der Waals surface area contributed by atoms with E-state index in [1.54, 1.807) is 7.11 Å². The van der Waals surface area contributed by atoms with E-state index in [2.05, 4.69) is 70.7 Å².